The van der Waals surface area contributed by atoms with E-state index in [-0.39, 0.29) is 38.5 Å². The van der Waals surface area contributed by atoms with Crippen molar-refractivity contribution in [3.05, 3.63) is 42.0 Å². The molecule has 2 atom stereocenters. The molecule has 1 heterocycles. The van der Waals surface area contributed by atoms with Gasteiger partial charge in [-0.05, 0) is 30.5 Å². The second-order valence-electron chi connectivity index (χ2n) is 9.26. The van der Waals surface area contributed by atoms with Crippen LogP contribution in [0, 0.1) is 5.92 Å². The monoisotopic (exact) mass is 559 g/mol. The number of carbonyl (C=O) groups excluding carboxylic acids is 6. The summed E-state index contributed by atoms with van der Waals surface area (Å²) in [7, 11) is 0. The van der Waals surface area contributed by atoms with E-state index in [2.05, 4.69) is 21.3 Å². The van der Waals surface area contributed by atoms with E-state index in [0.717, 1.165) is 17.1 Å². The molecule has 14 nitrogen and oxygen atoms in total. The van der Waals surface area contributed by atoms with Gasteiger partial charge in [0.1, 0.15) is 18.7 Å². The van der Waals surface area contributed by atoms with Crippen LogP contribution in [-0.2, 0) is 40.1 Å². The predicted molar refractivity (Wildman–Crippen MR) is 140 cm³/mol. The van der Waals surface area contributed by atoms with E-state index in [9.17, 15) is 33.6 Å². The van der Waals surface area contributed by atoms with Gasteiger partial charge in [-0.15, -0.1) is 0 Å². The van der Waals surface area contributed by atoms with Crippen molar-refractivity contribution >= 4 is 47.3 Å². The van der Waals surface area contributed by atoms with E-state index < -0.39 is 53.7 Å². The summed E-state index contributed by atoms with van der Waals surface area (Å²) in [5.41, 5.74) is 1.05. The summed E-state index contributed by atoms with van der Waals surface area (Å²) in [6.07, 6.45) is 1.08. The Morgan fingerprint density at radius 3 is 2.10 bits per heavy atom. The van der Waals surface area contributed by atoms with Gasteiger partial charge >= 0.3 is 12.1 Å². The van der Waals surface area contributed by atoms with Crippen molar-refractivity contribution < 1.29 is 43.4 Å². The van der Waals surface area contributed by atoms with Gasteiger partial charge in [-0.25, -0.2) is 4.79 Å². The average molecular weight is 560 g/mol. The molecule has 1 aliphatic heterocycles. The number of carboxylic acid groups (broad SMARTS) is 1. The topological polar surface area (TPSA) is 200 Å². The Bertz CT molecular complexity index is 1150. The minimum absolute atomic E-state index is 0.0564. The summed E-state index contributed by atoms with van der Waals surface area (Å²) in [5.74, 6) is -3.98. The zero-order valence-electron chi connectivity index (χ0n) is 22.4. The molecule has 0 bridgehead atoms. The first-order chi connectivity index (χ1) is 18.9. The Morgan fingerprint density at radius 1 is 0.900 bits per heavy atom. The minimum Gasteiger partial charge on any atom is -0.481 e. The quantitative estimate of drug-likeness (QED) is 0.199. The molecule has 14 heteroatoms. The zero-order valence-corrected chi connectivity index (χ0v) is 22.4. The van der Waals surface area contributed by atoms with Gasteiger partial charge in [0.25, 0.3) is 11.8 Å². The highest BCUT2D eigenvalue weighted by Crippen LogP contribution is 2.12. The van der Waals surface area contributed by atoms with Gasteiger partial charge in [0.05, 0.1) is 6.42 Å². The lowest BCUT2D eigenvalue weighted by Crippen LogP contribution is -2.54. The molecule has 0 saturated carbocycles. The van der Waals surface area contributed by atoms with Gasteiger partial charge in [-0.1, -0.05) is 26.0 Å². The third-order valence-corrected chi connectivity index (χ3v) is 5.68. The molecule has 0 spiro atoms. The Morgan fingerprint density at radius 2 is 1.52 bits per heavy atom. The molecular formula is C26H33N5O9. The highest BCUT2D eigenvalue weighted by atomic mass is 16.5. The number of nitrogens with zero attached hydrogens (tertiary/aromatic N) is 1. The van der Waals surface area contributed by atoms with Crippen LogP contribution in [0.4, 0.5) is 10.5 Å². The van der Waals surface area contributed by atoms with E-state index in [1.165, 1.54) is 6.92 Å². The van der Waals surface area contributed by atoms with E-state index in [1.54, 1.807) is 38.1 Å². The summed E-state index contributed by atoms with van der Waals surface area (Å²) in [6, 6.07) is 4.49. The van der Waals surface area contributed by atoms with Crippen LogP contribution in [0.5, 0.6) is 0 Å². The molecule has 1 aliphatic rings. The molecule has 0 saturated heterocycles. The number of hydrogen-bond acceptors (Lipinski definition) is 8. The van der Waals surface area contributed by atoms with Gasteiger partial charge in [-0.3, -0.25) is 33.7 Å². The van der Waals surface area contributed by atoms with E-state index in [1.807, 2.05) is 0 Å². The molecule has 5 N–H and O–H groups in total. The molecule has 0 unspecified atom stereocenters. The fourth-order valence-electron chi connectivity index (χ4n) is 3.42. The average Bonchev–Trinajstić information content (AvgIpc) is 3.21. The molecule has 40 heavy (non-hydrogen) atoms. The van der Waals surface area contributed by atoms with Crippen LogP contribution >= 0.6 is 0 Å². The first kappa shape index (κ1) is 31.5. The molecule has 2 rings (SSSR count). The number of aliphatic carboxylic acids is 1. The SMILES string of the molecule is CC(C)[C@H](NC(=O)CCN1C(=O)C=CC1=O)C(=O)N[C@@H](C)C(=O)Nc1ccc(COC(=O)NCCC(=O)O)cc1. The lowest BCUT2D eigenvalue weighted by Gasteiger charge is -2.24. The maximum absolute atomic E-state index is 12.8. The van der Waals surface area contributed by atoms with Crippen molar-refractivity contribution in [1.29, 1.82) is 0 Å². The second kappa shape index (κ2) is 15.0. The number of carbonyl (C=O) groups is 7. The summed E-state index contributed by atoms with van der Waals surface area (Å²) >= 11 is 0. The van der Waals surface area contributed by atoms with Gasteiger partial charge in [0.2, 0.25) is 17.7 Å². The van der Waals surface area contributed by atoms with Gasteiger partial charge in [0, 0.05) is 37.3 Å². The van der Waals surface area contributed by atoms with Crippen molar-refractivity contribution in [2.24, 2.45) is 5.92 Å². The normalized spacial score (nSPS) is 13.9. The molecule has 0 fully saturated rings. The first-order valence-electron chi connectivity index (χ1n) is 12.5. The number of benzene rings is 1. The Balaban J connectivity index is 1.80. The maximum Gasteiger partial charge on any atom is 0.407 e. The van der Waals surface area contributed by atoms with E-state index >= 15 is 0 Å². The number of hydrogen-bond donors (Lipinski definition) is 5. The van der Waals surface area contributed by atoms with E-state index in [4.69, 9.17) is 9.84 Å². The Labute approximate surface area is 230 Å². The van der Waals surface area contributed by atoms with Crippen LogP contribution in [0.25, 0.3) is 0 Å². The lowest BCUT2D eigenvalue weighted by atomic mass is 10.0. The highest BCUT2D eigenvalue weighted by Gasteiger charge is 2.28. The Hall–Kier alpha value is -4.75. The second-order valence-corrected chi connectivity index (χ2v) is 9.26. The predicted octanol–water partition coefficient (Wildman–Crippen LogP) is 0.287. The van der Waals surface area contributed by atoms with Crippen LogP contribution in [-0.4, -0.2) is 76.8 Å². The number of amides is 6. The molecule has 0 radical (unpaired) electrons. The number of alkyl carbamates (subject to hydrolysis) is 1. The van der Waals surface area contributed by atoms with Crippen LogP contribution in [0.1, 0.15) is 39.2 Å². The maximum atomic E-state index is 12.8. The largest absolute Gasteiger partial charge is 0.481 e. The number of rotatable bonds is 14. The third-order valence-electron chi connectivity index (χ3n) is 5.68. The molecule has 1 aromatic carbocycles. The van der Waals surface area contributed by atoms with Crippen molar-refractivity contribution in [3.8, 4) is 0 Å². The number of imide groups is 1. The molecule has 0 aliphatic carbocycles. The fraction of sp³-hybridized carbons (Fsp3) is 0.423. The van der Waals surface area contributed by atoms with Crippen LogP contribution in [0.15, 0.2) is 36.4 Å². The standard InChI is InChI=1S/C26H33N5O9/c1-15(2)23(30-19(32)11-13-31-20(33)8-9-21(31)34)25(38)28-16(3)24(37)29-18-6-4-17(5-7-18)14-40-26(39)27-12-10-22(35)36/h4-9,15-16,23H,10-14H2,1-3H3,(H,27,39)(H,28,38)(H,29,37)(H,30,32)(H,35,36)/t16-,23-/m0/s1. The molecule has 6 amide bonds. The molecule has 1 aromatic rings. The third kappa shape index (κ3) is 10.2. The van der Waals surface area contributed by atoms with Gasteiger partial charge < -0.3 is 31.1 Å². The van der Waals surface area contributed by atoms with Crippen molar-refractivity contribution in [3.63, 3.8) is 0 Å². The number of nitrogens with one attached hydrogen (secondary N) is 4. The molecular weight excluding hydrogens is 526 g/mol. The van der Waals surface area contributed by atoms with Crippen LogP contribution < -0.4 is 21.3 Å². The lowest BCUT2D eigenvalue weighted by molar-refractivity contribution is -0.138. The van der Waals surface area contributed by atoms with Crippen molar-refractivity contribution in [1.82, 2.24) is 20.9 Å². The summed E-state index contributed by atoms with van der Waals surface area (Å²) < 4.78 is 4.99. The summed E-state index contributed by atoms with van der Waals surface area (Å²) in [5, 5.41) is 18.7. The zero-order chi connectivity index (χ0) is 29.8. The minimum atomic E-state index is -1.04. The van der Waals surface area contributed by atoms with Gasteiger partial charge in [-0.2, -0.15) is 0 Å². The van der Waals surface area contributed by atoms with Crippen molar-refractivity contribution in [2.45, 2.75) is 52.3 Å². The number of ether oxygens (including phenoxy) is 1. The number of carboxylic acids is 1. The Kier molecular flexibility index (Phi) is 11.8. The smallest absolute Gasteiger partial charge is 0.407 e. The fourth-order valence-corrected chi connectivity index (χ4v) is 3.42. The number of anilines is 1. The van der Waals surface area contributed by atoms with E-state index in [0.29, 0.717) is 11.3 Å². The molecule has 0 aromatic heterocycles. The molecule has 216 valence electrons. The first-order valence-corrected chi connectivity index (χ1v) is 12.5. The van der Waals surface area contributed by atoms with Gasteiger partial charge in [0.15, 0.2) is 0 Å². The highest BCUT2D eigenvalue weighted by molar-refractivity contribution is 6.13. The summed E-state index contributed by atoms with van der Waals surface area (Å²) in [4.78, 5) is 84.0. The van der Waals surface area contributed by atoms with Crippen molar-refractivity contribution in [2.75, 3.05) is 18.4 Å². The van der Waals surface area contributed by atoms with Crippen LogP contribution in [0.3, 0.4) is 0 Å². The van der Waals surface area contributed by atoms with Crippen LogP contribution in [0.2, 0.25) is 0 Å². The summed E-state index contributed by atoms with van der Waals surface area (Å²) in [6.45, 7) is 4.68.